The van der Waals surface area contributed by atoms with Crippen molar-refractivity contribution < 1.29 is 19.1 Å². The molecule has 170 valence electrons. The molecule has 1 aliphatic carbocycles. The number of aryl methyl sites for hydroxylation is 1. The van der Waals surface area contributed by atoms with Crippen molar-refractivity contribution in [1.82, 2.24) is 10.6 Å². The summed E-state index contributed by atoms with van der Waals surface area (Å²) in [6.07, 6.45) is 4.46. The van der Waals surface area contributed by atoms with E-state index in [4.69, 9.17) is 9.47 Å². The predicted molar refractivity (Wildman–Crippen MR) is 130 cm³/mol. The smallest absolute Gasteiger partial charge is 0.268 e. The first-order valence-corrected chi connectivity index (χ1v) is 11.6. The van der Waals surface area contributed by atoms with E-state index in [1.807, 2.05) is 35.7 Å². The normalized spacial score (nSPS) is 15.3. The summed E-state index contributed by atoms with van der Waals surface area (Å²) in [7, 11) is 3.22. The zero-order valence-corrected chi connectivity index (χ0v) is 19.4. The van der Waals surface area contributed by atoms with Crippen LogP contribution in [0.2, 0.25) is 0 Å². The molecule has 2 aromatic carbocycles. The van der Waals surface area contributed by atoms with Crippen LogP contribution in [-0.2, 0) is 11.2 Å². The van der Waals surface area contributed by atoms with Crippen LogP contribution in [0.15, 0.2) is 65.7 Å². The molecule has 0 saturated heterocycles. The molecule has 33 heavy (non-hydrogen) atoms. The van der Waals surface area contributed by atoms with Gasteiger partial charge < -0.3 is 20.1 Å². The SMILES string of the molecule is COc1ccc(C(=O)N/C(=C\c2cccs2)C(=O)N[C@H]2CCCc3cc(OC)ccc32)cc1. The number of rotatable bonds is 7. The molecule has 1 aromatic heterocycles. The van der Waals surface area contributed by atoms with Crippen LogP contribution >= 0.6 is 11.3 Å². The van der Waals surface area contributed by atoms with Crippen LogP contribution in [0.5, 0.6) is 11.5 Å². The van der Waals surface area contributed by atoms with Crippen LogP contribution in [0, 0.1) is 0 Å². The Kier molecular flexibility index (Phi) is 7.10. The van der Waals surface area contributed by atoms with Crippen LogP contribution in [0.1, 0.15) is 45.2 Å². The number of nitrogens with one attached hydrogen (secondary N) is 2. The second-order valence-electron chi connectivity index (χ2n) is 7.74. The Hall–Kier alpha value is -3.58. The minimum Gasteiger partial charge on any atom is -0.497 e. The number of hydrogen-bond donors (Lipinski definition) is 2. The summed E-state index contributed by atoms with van der Waals surface area (Å²) in [5.74, 6) is 0.792. The molecule has 1 aliphatic rings. The Morgan fingerprint density at radius 3 is 2.48 bits per heavy atom. The minimum absolute atomic E-state index is 0.128. The summed E-state index contributed by atoms with van der Waals surface area (Å²) < 4.78 is 10.5. The van der Waals surface area contributed by atoms with Crippen molar-refractivity contribution in [3.05, 3.63) is 87.2 Å². The summed E-state index contributed by atoms with van der Waals surface area (Å²) in [4.78, 5) is 27.0. The van der Waals surface area contributed by atoms with Crippen molar-refractivity contribution in [3.63, 3.8) is 0 Å². The van der Waals surface area contributed by atoms with E-state index in [1.165, 1.54) is 16.9 Å². The molecule has 0 spiro atoms. The maximum Gasteiger partial charge on any atom is 0.268 e. The van der Waals surface area contributed by atoms with Gasteiger partial charge in [0.15, 0.2) is 0 Å². The van der Waals surface area contributed by atoms with Crippen molar-refractivity contribution in [3.8, 4) is 11.5 Å². The molecule has 0 aliphatic heterocycles. The van der Waals surface area contributed by atoms with Gasteiger partial charge >= 0.3 is 0 Å². The summed E-state index contributed by atoms with van der Waals surface area (Å²) >= 11 is 1.50. The molecule has 3 aromatic rings. The van der Waals surface area contributed by atoms with Gasteiger partial charge in [-0.1, -0.05) is 12.1 Å². The molecule has 1 atom stereocenters. The van der Waals surface area contributed by atoms with E-state index in [9.17, 15) is 9.59 Å². The monoisotopic (exact) mass is 462 g/mol. The van der Waals surface area contributed by atoms with E-state index >= 15 is 0 Å². The lowest BCUT2D eigenvalue weighted by molar-refractivity contribution is -0.118. The fourth-order valence-electron chi connectivity index (χ4n) is 3.91. The Morgan fingerprint density at radius 2 is 1.79 bits per heavy atom. The second-order valence-corrected chi connectivity index (χ2v) is 8.72. The molecule has 7 heteroatoms. The van der Waals surface area contributed by atoms with Crippen molar-refractivity contribution in [2.75, 3.05) is 14.2 Å². The van der Waals surface area contributed by atoms with Gasteiger partial charge in [-0.05, 0) is 84.3 Å². The maximum absolute atomic E-state index is 13.3. The Morgan fingerprint density at radius 1 is 1.03 bits per heavy atom. The van der Waals surface area contributed by atoms with Crippen molar-refractivity contribution in [2.45, 2.75) is 25.3 Å². The molecule has 0 saturated carbocycles. The van der Waals surface area contributed by atoms with Crippen LogP contribution in [0.3, 0.4) is 0 Å². The van der Waals surface area contributed by atoms with Crippen LogP contribution in [-0.4, -0.2) is 26.0 Å². The quantitative estimate of drug-likeness (QED) is 0.498. The summed E-state index contributed by atoms with van der Waals surface area (Å²) in [6, 6.07) is 16.4. The Balaban J connectivity index is 1.55. The van der Waals surface area contributed by atoms with Crippen molar-refractivity contribution in [1.29, 1.82) is 0 Å². The van der Waals surface area contributed by atoms with E-state index in [0.29, 0.717) is 11.3 Å². The molecular formula is C26H26N2O4S. The maximum atomic E-state index is 13.3. The third kappa shape index (κ3) is 5.43. The molecule has 2 N–H and O–H groups in total. The molecular weight excluding hydrogens is 436 g/mol. The lowest BCUT2D eigenvalue weighted by Crippen LogP contribution is -2.37. The van der Waals surface area contributed by atoms with Gasteiger partial charge in [-0.25, -0.2) is 0 Å². The first-order chi connectivity index (χ1) is 16.1. The number of carbonyl (C=O) groups excluding carboxylic acids is 2. The molecule has 2 amide bonds. The van der Waals surface area contributed by atoms with Crippen molar-refractivity contribution >= 4 is 29.2 Å². The standard InChI is InChI=1S/C26H26N2O4S/c1-31-19-10-8-17(9-11-19)25(29)28-24(16-21-6-4-14-33-21)26(30)27-23-7-3-5-18-15-20(32-2)12-13-22(18)23/h4,6,8-16,23H,3,5,7H2,1-2H3,(H,27,30)(H,28,29)/b24-16-/t23-/m0/s1. The molecule has 6 nitrogen and oxygen atoms in total. The van der Waals surface area contributed by atoms with Gasteiger partial charge in [0, 0.05) is 10.4 Å². The molecule has 4 rings (SSSR count). The topological polar surface area (TPSA) is 76.7 Å². The van der Waals surface area contributed by atoms with Crippen molar-refractivity contribution in [2.24, 2.45) is 0 Å². The predicted octanol–water partition coefficient (Wildman–Crippen LogP) is 4.73. The highest BCUT2D eigenvalue weighted by atomic mass is 32.1. The van der Waals surface area contributed by atoms with E-state index < -0.39 is 0 Å². The average molecular weight is 463 g/mol. The largest absolute Gasteiger partial charge is 0.497 e. The van der Waals surface area contributed by atoms with Gasteiger partial charge in [-0.3, -0.25) is 9.59 Å². The summed E-state index contributed by atoms with van der Waals surface area (Å²) in [6.45, 7) is 0. The minimum atomic E-state index is -0.357. The number of carbonyl (C=O) groups is 2. The number of thiophene rings is 1. The third-order valence-corrected chi connectivity index (χ3v) is 6.46. The molecule has 1 heterocycles. The highest BCUT2D eigenvalue weighted by molar-refractivity contribution is 7.10. The van der Waals surface area contributed by atoms with Gasteiger partial charge in [0.25, 0.3) is 11.8 Å². The molecule has 0 unspecified atom stereocenters. The van der Waals surface area contributed by atoms with Gasteiger partial charge in [-0.15, -0.1) is 11.3 Å². The first kappa shape index (κ1) is 22.6. The highest BCUT2D eigenvalue weighted by Gasteiger charge is 2.24. The molecule has 0 fully saturated rings. The number of methoxy groups -OCH3 is 2. The number of hydrogen-bond acceptors (Lipinski definition) is 5. The fourth-order valence-corrected chi connectivity index (χ4v) is 4.57. The fraction of sp³-hybridized carbons (Fsp3) is 0.231. The van der Waals surface area contributed by atoms with Gasteiger partial charge in [-0.2, -0.15) is 0 Å². The van der Waals surface area contributed by atoms with E-state index in [-0.39, 0.29) is 23.6 Å². The molecule has 0 bridgehead atoms. The zero-order valence-electron chi connectivity index (χ0n) is 18.6. The summed E-state index contributed by atoms with van der Waals surface area (Å²) in [5, 5.41) is 7.85. The Bertz CT molecular complexity index is 1150. The first-order valence-electron chi connectivity index (χ1n) is 10.8. The second kappa shape index (κ2) is 10.4. The lowest BCUT2D eigenvalue weighted by Gasteiger charge is -2.27. The molecule has 0 radical (unpaired) electrons. The average Bonchev–Trinajstić information content (AvgIpc) is 3.36. The van der Waals surface area contributed by atoms with E-state index in [0.717, 1.165) is 35.5 Å². The zero-order chi connectivity index (χ0) is 23.2. The lowest BCUT2D eigenvalue weighted by atomic mass is 9.87. The summed E-state index contributed by atoms with van der Waals surface area (Å²) in [5.41, 5.74) is 2.92. The highest BCUT2D eigenvalue weighted by Crippen LogP contribution is 2.32. The number of benzene rings is 2. The van der Waals surface area contributed by atoms with E-state index in [2.05, 4.69) is 10.6 Å². The van der Waals surface area contributed by atoms with E-state index in [1.54, 1.807) is 44.6 Å². The Labute approximate surface area is 197 Å². The van der Waals surface area contributed by atoms with Gasteiger partial charge in [0.05, 0.1) is 20.3 Å². The van der Waals surface area contributed by atoms with Crippen LogP contribution < -0.4 is 20.1 Å². The van der Waals surface area contributed by atoms with Crippen LogP contribution in [0.25, 0.3) is 6.08 Å². The van der Waals surface area contributed by atoms with Gasteiger partial charge in [0.1, 0.15) is 17.2 Å². The van der Waals surface area contributed by atoms with Gasteiger partial charge in [0.2, 0.25) is 0 Å². The number of ether oxygens (including phenoxy) is 2. The van der Waals surface area contributed by atoms with Crippen LogP contribution in [0.4, 0.5) is 0 Å². The number of fused-ring (bicyclic) bond motifs is 1. The third-order valence-electron chi connectivity index (χ3n) is 5.64. The number of amides is 2.